The van der Waals surface area contributed by atoms with Crippen LogP contribution < -0.4 is 5.32 Å². The Balaban J connectivity index is 1.72. The van der Waals surface area contributed by atoms with Crippen LogP contribution in [0.15, 0.2) is 18.2 Å². The van der Waals surface area contributed by atoms with Gasteiger partial charge in [0.05, 0.1) is 5.56 Å². The van der Waals surface area contributed by atoms with Gasteiger partial charge < -0.3 is 15.3 Å². The molecule has 1 saturated carbocycles. The molecule has 1 heterocycles. The van der Waals surface area contributed by atoms with Crippen LogP contribution in [0.25, 0.3) is 0 Å². The zero-order chi connectivity index (χ0) is 16.8. The molecule has 126 valence electrons. The van der Waals surface area contributed by atoms with E-state index in [0.717, 1.165) is 18.6 Å². The van der Waals surface area contributed by atoms with E-state index in [-0.39, 0.29) is 6.04 Å². The fourth-order valence-corrected chi connectivity index (χ4v) is 2.95. The summed E-state index contributed by atoms with van der Waals surface area (Å²) in [6, 6.07) is 2.89. The third kappa shape index (κ3) is 2.99. The lowest BCUT2D eigenvalue weighted by Crippen LogP contribution is -2.56. The van der Waals surface area contributed by atoms with Gasteiger partial charge in [-0.25, -0.2) is 9.18 Å². The Labute approximate surface area is 130 Å². The molecule has 0 bridgehead atoms. The minimum atomic E-state index is -4.73. The summed E-state index contributed by atoms with van der Waals surface area (Å²) in [5.41, 5.74) is -1.47. The molecule has 1 saturated heterocycles. The van der Waals surface area contributed by atoms with Crippen molar-refractivity contribution in [3.63, 3.8) is 0 Å². The highest BCUT2D eigenvalue weighted by Gasteiger charge is 2.46. The van der Waals surface area contributed by atoms with Gasteiger partial charge in [-0.3, -0.25) is 0 Å². The Morgan fingerprint density at radius 2 is 2.09 bits per heavy atom. The van der Waals surface area contributed by atoms with Crippen molar-refractivity contribution in [2.75, 3.05) is 13.1 Å². The Kier molecular flexibility index (Phi) is 3.74. The second kappa shape index (κ2) is 5.36. The molecule has 0 radical (unpaired) electrons. The van der Waals surface area contributed by atoms with E-state index in [1.165, 1.54) is 11.0 Å². The van der Waals surface area contributed by atoms with E-state index >= 15 is 0 Å². The van der Waals surface area contributed by atoms with E-state index in [9.17, 15) is 22.4 Å². The molecular weight excluding hydrogens is 316 g/mol. The zero-order valence-corrected chi connectivity index (χ0v) is 12.2. The molecule has 2 fully saturated rings. The summed E-state index contributed by atoms with van der Waals surface area (Å²) in [5, 5.41) is 12.1. The predicted octanol–water partition coefficient (Wildman–Crippen LogP) is 3.18. The van der Waals surface area contributed by atoms with Crippen LogP contribution in [0.5, 0.6) is 0 Å². The first-order valence-electron chi connectivity index (χ1n) is 7.35. The zero-order valence-electron chi connectivity index (χ0n) is 12.2. The number of alkyl halides is 3. The largest absolute Gasteiger partial charge is 0.465 e. The average Bonchev–Trinajstić information content (AvgIpc) is 3.17. The molecule has 0 aromatic heterocycles. The Morgan fingerprint density at radius 3 is 2.57 bits per heavy atom. The molecule has 1 unspecified atom stereocenters. The SMILES string of the molecule is O=C(O)N1CCC1CNC1(c2ccc(F)c(C(F)(F)F)c2)CC1. The predicted molar refractivity (Wildman–Crippen MR) is 73.5 cm³/mol. The number of carbonyl (C=O) groups is 1. The van der Waals surface area contributed by atoms with Crippen LogP contribution in [-0.2, 0) is 11.7 Å². The number of halogens is 4. The first kappa shape index (κ1) is 16.0. The highest BCUT2D eigenvalue weighted by molar-refractivity contribution is 5.66. The summed E-state index contributed by atoms with van der Waals surface area (Å²) in [5.74, 6) is -1.28. The maximum absolute atomic E-state index is 13.4. The van der Waals surface area contributed by atoms with Gasteiger partial charge in [-0.1, -0.05) is 6.07 Å². The van der Waals surface area contributed by atoms with Gasteiger partial charge in [0.25, 0.3) is 0 Å². The van der Waals surface area contributed by atoms with Gasteiger partial charge in [0.15, 0.2) is 0 Å². The molecule has 4 nitrogen and oxygen atoms in total. The first-order valence-corrected chi connectivity index (χ1v) is 7.35. The summed E-state index contributed by atoms with van der Waals surface area (Å²) in [6.45, 7) is 0.856. The molecule has 1 aliphatic heterocycles. The number of likely N-dealkylation sites (tertiary alicyclic amines) is 1. The lowest BCUT2D eigenvalue weighted by Gasteiger charge is -2.39. The van der Waals surface area contributed by atoms with E-state index in [4.69, 9.17) is 5.11 Å². The number of benzene rings is 1. The van der Waals surface area contributed by atoms with Gasteiger partial charge in [0.2, 0.25) is 0 Å². The number of nitrogens with one attached hydrogen (secondary N) is 1. The monoisotopic (exact) mass is 332 g/mol. The van der Waals surface area contributed by atoms with Gasteiger partial charge in [0, 0.05) is 24.7 Å². The molecule has 23 heavy (non-hydrogen) atoms. The van der Waals surface area contributed by atoms with Crippen molar-refractivity contribution in [1.29, 1.82) is 0 Å². The number of rotatable bonds is 4. The van der Waals surface area contributed by atoms with E-state index in [1.807, 2.05) is 0 Å². The van der Waals surface area contributed by atoms with E-state index < -0.39 is 29.2 Å². The quantitative estimate of drug-likeness (QED) is 0.833. The van der Waals surface area contributed by atoms with Gasteiger partial charge in [-0.05, 0) is 37.0 Å². The summed E-state index contributed by atoms with van der Waals surface area (Å²) >= 11 is 0. The minimum Gasteiger partial charge on any atom is -0.465 e. The number of hydrogen-bond donors (Lipinski definition) is 2. The highest BCUT2D eigenvalue weighted by Crippen LogP contribution is 2.47. The second-order valence-electron chi connectivity index (χ2n) is 6.07. The molecule has 1 amide bonds. The maximum Gasteiger partial charge on any atom is 0.419 e. The minimum absolute atomic E-state index is 0.160. The van der Waals surface area contributed by atoms with Gasteiger partial charge >= 0.3 is 12.3 Å². The van der Waals surface area contributed by atoms with Crippen molar-refractivity contribution in [2.45, 2.75) is 37.0 Å². The third-order valence-electron chi connectivity index (χ3n) is 4.64. The van der Waals surface area contributed by atoms with Crippen LogP contribution in [-0.4, -0.2) is 35.2 Å². The first-order chi connectivity index (χ1) is 10.7. The average molecular weight is 332 g/mol. The third-order valence-corrected chi connectivity index (χ3v) is 4.64. The van der Waals surface area contributed by atoms with Crippen LogP contribution in [0.3, 0.4) is 0 Å². The normalized spacial score (nSPS) is 22.6. The molecular formula is C15H16F4N2O2. The topological polar surface area (TPSA) is 52.6 Å². The van der Waals surface area contributed by atoms with E-state index in [0.29, 0.717) is 31.5 Å². The molecule has 2 aliphatic rings. The lowest BCUT2D eigenvalue weighted by atomic mass is 9.99. The van der Waals surface area contributed by atoms with Crippen molar-refractivity contribution in [1.82, 2.24) is 10.2 Å². The molecule has 1 atom stereocenters. The molecule has 1 aliphatic carbocycles. The fraction of sp³-hybridized carbons (Fsp3) is 0.533. The Bertz CT molecular complexity index is 628. The smallest absolute Gasteiger partial charge is 0.419 e. The van der Waals surface area contributed by atoms with E-state index in [2.05, 4.69) is 5.32 Å². The van der Waals surface area contributed by atoms with Crippen LogP contribution in [0.4, 0.5) is 22.4 Å². The van der Waals surface area contributed by atoms with Crippen molar-refractivity contribution >= 4 is 6.09 Å². The Hall–Kier alpha value is -1.83. The van der Waals surface area contributed by atoms with Crippen LogP contribution in [0.2, 0.25) is 0 Å². The van der Waals surface area contributed by atoms with E-state index in [1.54, 1.807) is 0 Å². The van der Waals surface area contributed by atoms with Crippen LogP contribution in [0.1, 0.15) is 30.4 Å². The number of amides is 1. The van der Waals surface area contributed by atoms with Crippen molar-refractivity contribution in [2.24, 2.45) is 0 Å². The molecule has 8 heteroatoms. The van der Waals surface area contributed by atoms with Crippen LogP contribution in [0, 0.1) is 5.82 Å². The highest BCUT2D eigenvalue weighted by atomic mass is 19.4. The number of carboxylic acid groups (broad SMARTS) is 1. The van der Waals surface area contributed by atoms with Crippen molar-refractivity contribution in [3.05, 3.63) is 35.1 Å². The number of nitrogens with zero attached hydrogens (tertiary/aromatic N) is 1. The molecule has 2 N–H and O–H groups in total. The maximum atomic E-state index is 13.4. The molecule has 1 aromatic rings. The second-order valence-corrected chi connectivity index (χ2v) is 6.07. The molecule has 0 spiro atoms. The number of hydrogen-bond acceptors (Lipinski definition) is 2. The summed E-state index contributed by atoms with van der Waals surface area (Å²) in [7, 11) is 0. The summed E-state index contributed by atoms with van der Waals surface area (Å²) in [6.07, 6.45) is -3.70. The fourth-order valence-electron chi connectivity index (χ4n) is 2.95. The summed E-state index contributed by atoms with van der Waals surface area (Å²) in [4.78, 5) is 12.2. The van der Waals surface area contributed by atoms with Crippen molar-refractivity contribution < 1.29 is 27.5 Å². The summed E-state index contributed by atoms with van der Waals surface area (Å²) < 4.78 is 51.8. The molecule has 1 aromatic carbocycles. The standard InChI is InChI=1S/C15H16F4N2O2/c16-12-2-1-9(7-11(12)15(17,18)19)14(4-5-14)20-8-10-3-6-21(10)13(22)23/h1-2,7,10,20H,3-6,8H2,(H,22,23). The van der Waals surface area contributed by atoms with Gasteiger partial charge in [-0.15, -0.1) is 0 Å². The lowest BCUT2D eigenvalue weighted by molar-refractivity contribution is -0.140. The van der Waals surface area contributed by atoms with Gasteiger partial charge in [-0.2, -0.15) is 13.2 Å². The Morgan fingerprint density at radius 1 is 1.39 bits per heavy atom. The molecule has 3 rings (SSSR count). The van der Waals surface area contributed by atoms with Gasteiger partial charge in [0.1, 0.15) is 5.82 Å². The van der Waals surface area contributed by atoms with Crippen LogP contribution >= 0.6 is 0 Å². The van der Waals surface area contributed by atoms with Crippen molar-refractivity contribution in [3.8, 4) is 0 Å².